The predicted molar refractivity (Wildman–Crippen MR) is 63.7 cm³/mol. The second kappa shape index (κ2) is 4.57. The van der Waals surface area contributed by atoms with Gasteiger partial charge in [-0.1, -0.05) is 0 Å². The highest BCUT2D eigenvalue weighted by molar-refractivity contribution is 7.92. The molecule has 0 bridgehead atoms. The lowest BCUT2D eigenvalue weighted by Gasteiger charge is -2.07. The van der Waals surface area contributed by atoms with Crippen LogP contribution in [-0.2, 0) is 10.0 Å². The average Bonchev–Trinajstić information content (AvgIpc) is 2.33. The lowest BCUT2D eigenvalue weighted by atomic mass is 10.3. The summed E-state index contributed by atoms with van der Waals surface area (Å²) >= 11 is 0. The van der Waals surface area contributed by atoms with Crippen molar-refractivity contribution in [3.8, 4) is 0 Å². The molecule has 1 aromatic heterocycles. The summed E-state index contributed by atoms with van der Waals surface area (Å²) < 4.78 is 39.0. The monoisotopic (exact) mass is 268 g/mol. The minimum Gasteiger partial charge on any atom is -0.396 e. The summed E-state index contributed by atoms with van der Waals surface area (Å²) in [6.07, 6.45) is 3.88. The zero-order valence-electron chi connectivity index (χ0n) is 9.04. The third-order valence-corrected chi connectivity index (χ3v) is 3.47. The zero-order chi connectivity index (χ0) is 13.2. The van der Waals surface area contributed by atoms with Gasteiger partial charge in [0.1, 0.15) is 12.1 Å². The molecule has 0 unspecified atom stereocenters. The van der Waals surface area contributed by atoms with Gasteiger partial charge >= 0.3 is 0 Å². The van der Waals surface area contributed by atoms with Crippen LogP contribution in [0.5, 0.6) is 0 Å². The van der Waals surface area contributed by atoms with E-state index in [0.717, 1.165) is 18.2 Å². The van der Waals surface area contributed by atoms with Gasteiger partial charge in [-0.05, 0) is 18.2 Å². The van der Waals surface area contributed by atoms with Crippen molar-refractivity contribution in [2.24, 2.45) is 0 Å². The molecule has 0 aliphatic carbocycles. The van der Waals surface area contributed by atoms with E-state index in [0.29, 0.717) is 0 Å². The molecule has 0 fully saturated rings. The molecule has 0 saturated heterocycles. The SMILES string of the molecule is Nc1cc(S(=O)(=O)Nc2cncnc2)ccc1F. The van der Waals surface area contributed by atoms with Crippen LogP contribution in [0.4, 0.5) is 15.8 Å². The number of benzene rings is 1. The Bertz CT molecular complexity index is 661. The molecule has 0 aliphatic heterocycles. The standard InChI is InChI=1S/C10H9FN4O2S/c11-9-2-1-8(3-10(9)12)18(16,17)15-7-4-13-6-14-5-7/h1-6,15H,12H2. The maximum Gasteiger partial charge on any atom is 0.262 e. The van der Waals surface area contributed by atoms with Crippen LogP contribution in [0.2, 0.25) is 0 Å². The van der Waals surface area contributed by atoms with Crippen LogP contribution in [0.25, 0.3) is 0 Å². The normalized spacial score (nSPS) is 11.2. The van der Waals surface area contributed by atoms with Gasteiger partial charge in [-0.2, -0.15) is 0 Å². The number of rotatable bonds is 3. The molecule has 8 heteroatoms. The Balaban J connectivity index is 2.34. The van der Waals surface area contributed by atoms with Crippen molar-refractivity contribution in [3.05, 3.63) is 42.7 Å². The van der Waals surface area contributed by atoms with Crippen molar-refractivity contribution >= 4 is 21.4 Å². The van der Waals surface area contributed by atoms with Crippen LogP contribution in [0, 0.1) is 5.82 Å². The first-order valence-corrected chi connectivity index (χ1v) is 6.30. The minimum atomic E-state index is -3.83. The van der Waals surface area contributed by atoms with E-state index in [-0.39, 0.29) is 16.3 Å². The van der Waals surface area contributed by atoms with Gasteiger partial charge in [-0.15, -0.1) is 0 Å². The van der Waals surface area contributed by atoms with Gasteiger partial charge in [0, 0.05) is 0 Å². The van der Waals surface area contributed by atoms with Crippen molar-refractivity contribution in [1.82, 2.24) is 9.97 Å². The summed E-state index contributed by atoms with van der Waals surface area (Å²) in [5.74, 6) is -0.669. The molecule has 0 saturated carbocycles. The summed E-state index contributed by atoms with van der Waals surface area (Å²) in [6.45, 7) is 0. The van der Waals surface area contributed by atoms with Crippen molar-refractivity contribution < 1.29 is 12.8 Å². The van der Waals surface area contributed by atoms with Gasteiger partial charge in [0.25, 0.3) is 10.0 Å². The largest absolute Gasteiger partial charge is 0.396 e. The number of hydrogen-bond acceptors (Lipinski definition) is 5. The Kier molecular flexibility index (Phi) is 3.11. The highest BCUT2D eigenvalue weighted by Gasteiger charge is 2.15. The topological polar surface area (TPSA) is 98.0 Å². The number of nitrogens with zero attached hydrogens (tertiary/aromatic N) is 2. The van der Waals surface area contributed by atoms with Gasteiger partial charge in [-0.3, -0.25) is 4.72 Å². The molecule has 0 radical (unpaired) electrons. The predicted octanol–water partition coefficient (Wildman–Crippen LogP) is 0.999. The average molecular weight is 268 g/mol. The second-order valence-corrected chi connectivity index (χ2v) is 5.10. The number of halogens is 1. The van der Waals surface area contributed by atoms with Crippen molar-refractivity contribution in [3.63, 3.8) is 0 Å². The molecule has 2 aromatic rings. The van der Waals surface area contributed by atoms with Gasteiger partial charge in [0.2, 0.25) is 0 Å². The van der Waals surface area contributed by atoms with Crippen LogP contribution in [0.15, 0.2) is 41.8 Å². The van der Waals surface area contributed by atoms with Crippen molar-refractivity contribution in [2.45, 2.75) is 4.90 Å². The maximum atomic E-state index is 13.0. The molecule has 0 aliphatic rings. The Labute approximate surface area is 103 Å². The summed E-state index contributed by atoms with van der Waals surface area (Å²) in [7, 11) is -3.83. The van der Waals surface area contributed by atoms with Crippen LogP contribution in [-0.4, -0.2) is 18.4 Å². The molecule has 0 spiro atoms. The third-order valence-electron chi connectivity index (χ3n) is 2.09. The Morgan fingerprint density at radius 1 is 1.22 bits per heavy atom. The van der Waals surface area contributed by atoms with E-state index in [4.69, 9.17) is 5.73 Å². The molecule has 2 rings (SSSR count). The number of hydrogen-bond donors (Lipinski definition) is 2. The third kappa shape index (κ3) is 2.54. The molecule has 0 amide bonds. The Morgan fingerprint density at radius 3 is 2.50 bits per heavy atom. The van der Waals surface area contributed by atoms with E-state index in [9.17, 15) is 12.8 Å². The fraction of sp³-hybridized carbons (Fsp3) is 0. The summed E-state index contributed by atoms with van der Waals surface area (Å²) in [6, 6.07) is 3.16. The first kappa shape index (κ1) is 12.2. The number of nitrogens with one attached hydrogen (secondary N) is 1. The van der Waals surface area contributed by atoms with Crippen molar-refractivity contribution in [1.29, 1.82) is 0 Å². The lowest BCUT2D eigenvalue weighted by Crippen LogP contribution is -2.13. The second-order valence-electron chi connectivity index (χ2n) is 3.42. The zero-order valence-corrected chi connectivity index (χ0v) is 9.86. The van der Waals surface area contributed by atoms with Gasteiger partial charge < -0.3 is 5.73 Å². The molecule has 18 heavy (non-hydrogen) atoms. The number of nitrogens with two attached hydrogens (primary N) is 1. The van der Waals surface area contributed by atoms with E-state index in [2.05, 4.69) is 14.7 Å². The van der Waals surface area contributed by atoms with Crippen LogP contribution in [0.1, 0.15) is 0 Å². The summed E-state index contributed by atoms with van der Waals surface area (Å²) in [4.78, 5) is 7.21. The molecule has 6 nitrogen and oxygen atoms in total. The lowest BCUT2D eigenvalue weighted by molar-refractivity contribution is 0.600. The fourth-order valence-corrected chi connectivity index (χ4v) is 2.32. The van der Waals surface area contributed by atoms with E-state index < -0.39 is 15.8 Å². The molecular weight excluding hydrogens is 259 g/mol. The minimum absolute atomic E-state index is 0.134. The Morgan fingerprint density at radius 2 is 1.89 bits per heavy atom. The van der Waals surface area contributed by atoms with E-state index in [1.807, 2.05) is 0 Å². The maximum absolute atomic E-state index is 13.0. The van der Waals surface area contributed by atoms with Gasteiger partial charge in [-0.25, -0.2) is 22.8 Å². The molecule has 1 aromatic carbocycles. The first-order chi connectivity index (χ1) is 8.49. The number of nitrogen functional groups attached to an aromatic ring is 1. The summed E-state index contributed by atoms with van der Waals surface area (Å²) in [5.41, 5.74) is 5.29. The molecular formula is C10H9FN4O2S. The number of sulfonamides is 1. The first-order valence-electron chi connectivity index (χ1n) is 4.82. The molecule has 94 valence electrons. The smallest absolute Gasteiger partial charge is 0.262 e. The fourth-order valence-electron chi connectivity index (χ4n) is 1.25. The number of anilines is 2. The van der Waals surface area contributed by atoms with Crippen LogP contribution >= 0.6 is 0 Å². The van der Waals surface area contributed by atoms with Gasteiger partial charge in [0.05, 0.1) is 28.7 Å². The van der Waals surface area contributed by atoms with E-state index in [1.54, 1.807) is 0 Å². The Hall–Kier alpha value is -2.22. The highest BCUT2D eigenvalue weighted by Crippen LogP contribution is 2.19. The van der Waals surface area contributed by atoms with Gasteiger partial charge in [0.15, 0.2) is 0 Å². The van der Waals surface area contributed by atoms with Crippen molar-refractivity contribution in [2.75, 3.05) is 10.5 Å². The van der Waals surface area contributed by atoms with Crippen LogP contribution < -0.4 is 10.5 Å². The molecule has 0 atom stereocenters. The van der Waals surface area contributed by atoms with E-state index >= 15 is 0 Å². The number of aromatic nitrogens is 2. The van der Waals surface area contributed by atoms with E-state index in [1.165, 1.54) is 18.7 Å². The van der Waals surface area contributed by atoms with Crippen LogP contribution in [0.3, 0.4) is 0 Å². The molecule has 3 N–H and O–H groups in total. The highest BCUT2D eigenvalue weighted by atomic mass is 32.2. The quantitative estimate of drug-likeness (QED) is 0.809. The molecule has 1 heterocycles. The summed E-state index contributed by atoms with van der Waals surface area (Å²) in [5, 5.41) is 0.